The molecular weight excluding hydrogens is 368 g/mol. The van der Waals surface area contributed by atoms with Gasteiger partial charge in [-0.2, -0.15) is 0 Å². The first-order valence-corrected chi connectivity index (χ1v) is 8.23. The average Bonchev–Trinajstić information content (AvgIpc) is 2.68. The van der Waals surface area contributed by atoms with Crippen LogP contribution in [0.25, 0.3) is 11.3 Å². The number of carbonyl (C=O) groups excluding carboxylic acids is 2. The Balaban J connectivity index is 1.90. The van der Waals surface area contributed by atoms with E-state index in [1.165, 1.54) is 19.5 Å². The minimum Gasteiger partial charge on any atom is -0.453 e. The molecule has 0 saturated heterocycles. The van der Waals surface area contributed by atoms with Crippen LogP contribution in [0.15, 0.2) is 54.9 Å². The number of pyridine rings is 2. The van der Waals surface area contributed by atoms with Gasteiger partial charge in [0, 0.05) is 34.9 Å². The van der Waals surface area contributed by atoms with Crippen molar-refractivity contribution < 1.29 is 14.3 Å². The fourth-order valence-corrected chi connectivity index (χ4v) is 2.53. The van der Waals surface area contributed by atoms with E-state index in [1.54, 1.807) is 42.5 Å². The number of nitrogens with one attached hydrogen (secondary N) is 1. The lowest BCUT2D eigenvalue weighted by Crippen LogP contribution is -2.11. The number of aromatic nitrogens is 2. The molecule has 0 bridgehead atoms. The number of nitrogens with two attached hydrogens (primary N) is 1. The van der Waals surface area contributed by atoms with Crippen molar-refractivity contribution in [1.82, 2.24) is 9.97 Å². The van der Waals surface area contributed by atoms with Gasteiger partial charge in [0.15, 0.2) is 0 Å². The number of carbonyl (C=O) groups is 2. The third-order valence-corrected chi connectivity index (χ3v) is 3.97. The second-order valence-electron chi connectivity index (χ2n) is 5.54. The van der Waals surface area contributed by atoms with E-state index in [-0.39, 0.29) is 11.5 Å². The van der Waals surface area contributed by atoms with Gasteiger partial charge in [-0.15, -0.1) is 0 Å². The first-order valence-electron chi connectivity index (χ1n) is 7.85. The molecule has 2 heterocycles. The molecule has 0 saturated carbocycles. The number of halogens is 1. The number of nitrogens with zero attached hydrogens (tertiary/aromatic N) is 2. The van der Waals surface area contributed by atoms with Crippen LogP contribution in [0.1, 0.15) is 16.1 Å². The van der Waals surface area contributed by atoms with Gasteiger partial charge >= 0.3 is 6.09 Å². The summed E-state index contributed by atoms with van der Waals surface area (Å²) < 4.78 is 4.55. The number of amides is 1. The smallest absolute Gasteiger partial charge is 0.411 e. The number of anilines is 2. The van der Waals surface area contributed by atoms with E-state index < -0.39 is 6.09 Å². The van der Waals surface area contributed by atoms with Gasteiger partial charge in [-0.1, -0.05) is 11.6 Å². The molecule has 0 fully saturated rings. The second-order valence-corrected chi connectivity index (χ2v) is 5.98. The predicted octanol–water partition coefficient (Wildman–Crippen LogP) is 3.79. The van der Waals surface area contributed by atoms with Crippen LogP contribution in [0, 0.1) is 0 Å². The van der Waals surface area contributed by atoms with E-state index in [9.17, 15) is 9.59 Å². The zero-order chi connectivity index (χ0) is 19.4. The van der Waals surface area contributed by atoms with Gasteiger partial charge in [-0.05, 0) is 42.5 Å². The molecule has 1 amide bonds. The first-order chi connectivity index (χ1) is 13.0. The van der Waals surface area contributed by atoms with Gasteiger partial charge < -0.3 is 10.5 Å². The molecule has 0 aliphatic carbocycles. The van der Waals surface area contributed by atoms with Crippen LogP contribution in [0.3, 0.4) is 0 Å². The van der Waals surface area contributed by atoms with E-state index in [0.29, 0.717) is 33.2 Å². The van der Waals surface area contributed by atoms with Crippen LogP contribution < -0.4 is 11.1 Å². The minimum absolute atomic E-state index is 0.252. The van der Waals surface area contributed by atoms with Crippen molar-refractivity contribution in [2.45, 2.75) is 0 Å². The zero-order valence-electron chi connectivity index (χ0n) is 14.3. The number of nitrogen functional groups attached to an aromatic ring is 1. The molecule has 0 aliphatic heterocycles. The highest BCUT2D eigenvalue weighted by Crippen LogP contribution is 2.28. The lowest BCUT2D eigenvalue weighted by Gasteiger charge is -2.10. The molecule has 3 rings (SSSR count). The third kappa shape index (κ3) is 4.21. The van der Waals surface area contributed by atoms with Gasteiger partial charge in [0.25, 0.3) is 0 Å². The first kappa shape index (κ1) is 18.3. The average molecular weight is 383 g/mol. The van der Waals surface area contributed by atoms with Crippen LogP contribution in [0.4, 0.5) is 16.2 Å². The lowest BCUT2D eigenvalue weighted by atomic mass is 10.0. The van der Waals surface area contributed by atoms with E-state index >= 15 is 0 Å². The maximum atomic E-state index is 12.6. The summed E-state index contributed by atoms with van der Waals surface area (Å²) in [6.45, 7) is 0. The molecule has 0 aliphatic rings. The second kappa shape index (κ2) is 7.84. The van der Waals surface area contributed by atoms with Crippen molar-refractivity contribution in [2.75, 3.05) is 18.2 Å². The highest BCUT2D eigenvalue weighted by atomic mass is 35.5. The van der Waals surface area contributed by atoms with Gasteiger partial charge in [-0.3, -0.25) is 20.1 Å². The molecule has 8 heteroatoms. The largest absolute Gasteiger partial charge is 0.453 e. The Bertz CT molecular complexity index is 1010. The maximum Gasteiger partial charge on any atom is 0.411 e. The summed E-state index contributed by atoms with van der Waals surface area (Å²) in [6.07, 6.45) is 2.35. The molecular formula is C19H15ClN4O3. The highest BCUT2D eigenvalue weighted by Gasteiger charge is 2.13. The summed E-state index contributed by atoms with van der Waals surface area (Å²) >= 11 is 5.81. The third-order valence-electron chi connectivity index (χ3n) is 3.74. The number of hydrogen-bond donors (Lipinski definition) is 2. The molecule has 1 aromatic carbocycles. The standard InChI is InChI=1S/C19H15ClN4O3/c1-27-19(26)24-13-3-4-14(15(21)9-13)17-8-11(6-7-22-17)18(25)16-5-2-12(20)10-23-16/h2-10H,21H2,1H3,(H,24,26). The van der Waals surface area contributed by atoms with Crippen LogP contribution in [-0.2, 0) is 4.74 Å². The monoisotopic (exact) mass is 382 g/mol. The maximum absolute atomic E-state index is 12.6. The summed E-state index contributed by atoms with van der Waals surface area (Å²) in [6, 6.07) is 11.4. The van der Waals surface area contributed by atoms with Crippen LogP contribution in [0.5, 0.6) is 0 Å². The van der Waals surface area contributed by atoms with Gasteiger partial charge in [0.05, 0.1) is 17.8 Å². The van der Waals surface area contributed by atoms with E-state index in [1.807, 2.05) is 0 Å². The number of hydrogen-bond acceptors (Lipinski definition) is 6. The molecule has 0 radical (unpaired) electrons. The van der Waals surface area contributed by atoms with Crippen LogP contribution in [-0.4, -0.2) is 29.0 Å². The number of rotatable bonds is 4. The summed E-state index contributed by atoms with van der Waals surface area (Å²) in [5.41, 5.74) is 8.82. The van der Waals surface area contributed by atoms with E-state index in [2.05, 4.69) is 20.0 Å². The van der Waals surface area contributed by atoms with E-state index in [0.717, 1.165) is 0 Å². The summed E-state index contributed by atoms with van der Waals surface area (Å²) in [7, 11) is 1.27. The summed E-state index contributed by atoms with van der Waals surface area (Å²) in [5, 5.41) is 2.99. The Morgan fingerprint density at radius 3 is 2.59 bits per heavy atom. The van der Waals surface area contributed by atoms with Crippen molar-refractivity contribution in [3.8, 4) is 11.3 Å². The van der Waals surface area contributed by atoms with E-state index in [4.69, 9.17) is 17.3 Å². The van der Waals surface area contributed by atoms with Crippen molar-refractivity contribution in [2.24, 2.45) is 0 Å². The number of benzene rings is 1. The molecule has 3 aromatic rings. The molecule has 0 spiro atoms. The SMILES string of the molecule is COC(=O)Nc1ccc(-c2cc(C(=O)c3ccc(Cl)cn3)ccn2)c(N)c1. The topological polar surface area (TPSA) is 107 Å². The molecule has 3 N–H and O–H groups in total. The minimum atomic E-state index is -0.594. The fraction of sp³-hybridized carbons (Fsp3) is 0.0526. The molecule has 0 unspecified atom stereocenters. The normalized spacial score (nSPS) is 10.3. The molecule has 0 atom stereocenters. The highest BCUT2D eigenvalue weighted by molar-refractivity contribution is 6.30. The lowest BCUT2D eigenvalue weighted by molar-refractivity contribution is 0.103. The van der Waals surface area contributed by atoms with Crippen molar-refractivity contribution in [3.05, 3.63) is 71.1 Å². The number of ketones is 1. The summed E-state index contributed by atoms with van der Waals surface area (Å²) in [5.74, 6) is -0.252. The molecule has 136 valence electrons. The molecule has 7 nitrogen and oxygen atoms in total. The van der Waals surface area contributed by atoms with Gasteiger partial charge in [0.2, 0.25) is 5.78 Å². The molecule has 2 aromatic heterocycles. The Morgan fingerprint density at radius 2 is 1.93 bits per heavy atom. The Hall–Kier alpha value is -3.45. The summed E-state index contributed by atoms with van der Waals surface area (Å²) in [4.78, 5) is 32.2. The Morgan fingerprint density at radius 1 is 1.11 bits per heavy atom. The van der Waals surface area contributed by atoms with Crippen molar-refractivity contribution in [3.63, 3.8) is 0 Å². The zero-order valence-corrected chi connectivity index (χ0v) is 15.0. The fourth-order valence-electron chi connectivity index (χ4n) is 2.42. The van der Waals surface area contributed by atoms with Crippen molar-refractivity contribution in [1.29, 1.82) is 0 Å². The molecule has 27 heavy (non-hydrogen) atoms. The Kier molecular flexibility index (Phi) is 5.33. The van der Waals surface area contributed by atoms with Gasteiger partial charge in [0.1, 0.15) is 5.69 Å². The Labute approximate surface area is 160 Å². The van der Waals surface area contributed by atoms with Crippen molar-refractivity contribution >= 4 is 34.9 Å². The predicted molar refractivity (Wildman–Crippen MR) is 103 cm³/mol. The van der Waals surface area contributed by atoms with Crippen LogP contribution in [0.2, 0.25) is 5.02 Å². The quantitative estimate of drug-likeness (QED) is 0.525. The number of ether oxygens (including phenoxy) is 1. The number of methoxy groups -OCH3 is 1. The van der Waals surface area contributed by atoms with Crippen LogP contribution >= 0.6 is 11.6 Å². The van der Waals surface area contributed by atoms with Gasteiger partial charge in [-0.25, -0.2) is 4.79 Å².